The molecular weight excluding hydrogens is 507 g/mol. The predicted molar refractivity (Wildman–Crippen MR) is 131 cm³/mol. The molecule has 0 atom stereocenters. The molecule has 4 aromatic carbocycles. The minimum Gasteiger partial charge on any atom is -0.353 e. The maximum Gasteiger partial charge on any atom is 0.269 e. The average Bonchev–Trinajstić information content (AvgIpc) is 3.30. The van der Waals surface area contributed by atoms with Crippen LogP contribution in [0.3, 0.4) is 0 Å². The lowest BCUT2D eigenvalue weighted by Gasteiger charge is -2.11. The number of nitrogens with zero attached hydrogens (tertiary/aromatic N) is 1. The number of para-hydroxylation sites is 2. The molecule has 0 amide bonds. The van der Waals surface area contributed by atoms with Crippen LogP contribution in [0.4, 0.5) is 0 Å². The van der Waals surface area contributed by atoms with Gasteiger partial charge in [-0.3, -0.25) is 0 Å². The summed E-state index contributed by atoms with van der Waals surface area (Å²) in [6.07, 6.45) is 0. The number of hydrogen-bond donors (Lipinski definition) is 1. The summed E-state index contributed by atoms with van der Waals surface area (Å²) in [6.45, 7) is 0. The lowest BCUT2D eigenvalue weighted by Crippen LogP contribution is -2.14. The number of aromatic amines is 1. The molecule has 4 nitrogen and oxygen atoms in total. The van der Waals surface area contributed by atoms with E-state index >= 15 is 0 Å². The SMILES string of the molecule is O=S(=O)(c1ccccc1I)n1c2ccccc2c2ccc3c4ccccc4[nH]c3c21. The van der Waals surface area contributed by atoms with Gasteiger partial charge in [0.05, 0.1) is 16.6 Å². The summed E-state index contributed by atoms with van der Waals surface area (Å²) in [5.74, 6) is 0. The van der Waals surface area contributed by atoms with E-state index in [0.717, 1.165) is 32.6 Å². The first-order valence-corrected chi connectivity index (χ1v) is 12.0. The highest BCUT2D eigenvalue weighted by Gasteiger charge is 2.26. The number of benzene rings is 4. The van der Waals surface area contributed by atoms with Gasteiger partial charge in [0, 0.05) is 30.6 Å². The fourth-order valence-corrected chi connectivity index (χ4v) is 7.17. The first-order chi connectivity index (χ1) is 14.6. The molecule has 0 aliphatic rings. The first-order valence-electron chi connectivity index (χ1n) is 9.50. The fourth-order valence-electron chi connectivity index (χ4n) is 4.33. The highest BCUT2D eigenvalue weighted by atomic mass is 127. The lowest BCUT2D eigenvalue weighted by atomic mass is 10.1. The second-order valence-electron chi connectivity index (χ2n) is 7.27. The van der Waals surface area contributed by atoms with E-state index in [2.05, 4.69) is 39.7 Å². The minimum atomic E-state index is -3.82. The monoisotopic (exact) mass is 522 g/mol. The Balaban J connectivity index is 1.88. The minimum absolute atomic E-state index is 0.307. The molecule has 2 aromatic heterocycles. The standard InChI is InChI=1S/C24H15IN2O2S/c25-19-9-3-6-12-22(19)30(28,29)27-21-11-5-2-8-16(21)18-14-13-17-15-7-1-4-10-20(15)26-23(17)24(18)27/h1-14,26H. The Morgan fingerprint density at radius 1 is 0.700 bits per heavy atom. The van der Waals surface area contributed by atoms with Crippen LogP contribution in [0.15, 0.2) is 89.8 Å². The van der Waals surface area contributed by atoms with E-state index in [1.54, 1.807) is 12.1 Å². The molecule has 0 saturated heterocycles. The van der Waals surface area contributed by atoms with E-state index in [-0.39, 0.29) is 0 Å². The van der Waals surface area contributed by atoms with E-state index in [0.29, 0.717) is 19.5 Å². The van der Waals surface area contributed by atoms with Crippen molar-refractivity contribution in [1.82, 2.24) is 8.96 Å². The molecule has 0 unspecified atom stereocenters. The van der Waals surface area contributed by atoms with Crippen LogP contribution in [0.1, 0.15) is 0 Å². The molecule has 0 radical (unpaired) electrons. The van der Waals surface area contributed by atoms with Gasteiger partial charge in [-0.25, -0.2) is 12.4 Å². The Hall–Kier alpha value is -2.84. The van der Waals surface area contributed by atoms with Crippen molar-refractivity contribution in [2.75, 3.05) is 0 Å². The summed E-state index contributed by atoms with van der Waals surface area (Å²) in [6, 6.07) is 26.9. The van der Waals surface area contributed by atoms with Crippen LogP contribution >= 0.6 is 22.6 Å². The van der Waals surface area contributed by atoms with Gasteiger partial charge >= 0.3 is 0 Å². The van der Waals surface area contributed by atoms with E-state index in [1.807, 2.05) is 60.7 Å². The maximum atomic E-state index is 13.9. The van der Waals surface area contributed by atoms with Crippen LogP contribution in [-0.2, 0) is 10.0 Å². The van der Waals surface area contributed by atoms with Crippen molar-refractivity contribution >= 4 is 76.2 Å². The van der Waals surface area contributed by atoms with Crippen LogP contribution in [0, 0.1) is 3.57 Å². The van der Waals surface area contributed by atoms with Crippen LogP contribution in [0.2, 0.25) is 0 Å². The Labute approximate surface area is 186 Å². The van der Waals surface area contributed by atoms with E-state index in [1.165, 1.54) is 3.97 Å². The number of halogens is 1. The largest absolute Gasteiger partial charge is 0.353 e. The van der Waals surface area contributed by atoms with Crippen LogP contribution < -0.4 is 0 Å². The van der Waals surface area contributed by atoms with E-state index in [4.69, 9.17) is 0 Å². The van der Waals surface area contributed by atoms with Gasteiger partial charge in [0.2, 0.25) is 0 Å². The van der Waals surface area contributed by atoms with Gasteiger partial charge in [0.1, 0.15) is 4.90 Å². The van der Waals surface area contributed by atoms with Crippen LogP contribution in [0.5, 0.6) is 0 Å². The number of aromatic nitrogens is 2. The highest BCUT2D eigenvalue weighted by molar-refractivity contribution is 14.1. The molecule has 0 aliphatic carbocycles. The van der Waals surface area contributed by atoms with Crippen LogP contribution in [0.25, 0.3) is 43.6 Å². The maximum absolute atomic E-state index is 13.9. The summed E-state index contributed by atoms with van der Waals surface area (Å²) < 4.78 is 30.1. The van der Waals surface area contributed by atoms with Gasteiger partial charge in [0.15, 0.2) is 0 Å². The van der Waals surface area contributed by atoms with Gasteiger partial charge in [-0.15, -0.1) is 0 Å². The quantitative estimate of drug-likeness (QED) is 0.273. The first kappa shape index (κ1) is 18.0. The second kappa shape index (κ2) is 6.33. The Morgan fingerprint density at radius 3 is 2.20 bits per heavy atom. The molecule has 146 valence electrons. The molecule has 0 spiro atoms. The third-order valence-corrected chi connectivity index (χ3v) is 8.70. The third-order valence-electron chi connectivity index (χ3n) is 5.63. The normalized spacial score (nSPS) is 12.4. The topological polar surface area (TPSA) is 54.9 Å². The summed E-state index contributed by atoms with van der Waals surface area (Å²) in [4.78, 5) is 3.78. The molecule has 6 rings (SSSR count). The zero-order valence-electron chi connectivity index (χ0n) is 15.6. The molecule has 6 heteroatoms. The molecule has 1 N–H and O–H groups in total. The van der Waals surface area contributed by atoms with Crippen molar-refractivity contribution in [1.29, 1.82) is 0 Å². The highest BCUT2D eigenvalue weighted by Crippen LogP contribution is 2.39. The zero-order valence-corrected chi connectivity index (χ0v) is 18.6. The van der Waals surface area contributed by atoms with Gasteiger partial charge in [-0.1, -0.05) is 60.7 Å². The average molecular weight is 522 g/mol. The summed E-state index contributed by atoms with van der Waals surface area (Å²) >= 11 is 2.09. The smallest absolute Gasteiger partial charge is 0.269 e. The van der Waals surface area contributed by atoms with Crippen molar-refractivity contribution in [2.24, 2.45) is 0 Å². The molecule has 0 saturated carbocycles. The predicted octanol–water partition coefficient (Wildman–Crippen LogP) is 6.27. The summed E-state index contributed by atoms with van der Waals surface area (Å²) in [5, 5.41) is 3.93. The molecular formula is C24H15IN2O2S. The second-order valence-corrected chi connectivity index (χ2v) is 10.2. The van der Waals surface area contributed by atoms with Gasteiger partial charge in [0.25, 0.3) is 10.0 Å². The van der Waals surface area contributed by atoms with Crippen molar-refractivity contribution in [3.05, 3.63) is 88.5 Å². The molecule has 0 fully saturated rings. The number of hydrogen-bond acceptors (Lipinski definition) is 2. The van der Waals surface area contributed by atoms with Gasteiger partial charge in [-0.05, 0) is 46.9 Å². The van der Waals surface area contributed by atoms with Gasteiger partial charge in [-0.2, -0.15) is 0 Å². The van der Waals surface area contributed by atoms with Crippen molar-refractivity contribution in [3.63, 3.8) is 0 Å². The Bertz CT molecular complexity index is 1730. The molecule has 0 aliphatic heterocycles. The number of fused-ring (bicyclic) bond motifs is 7. The van der Waals surface area contributed by atoms with Crippen molar-refractivity contribution in [2.45, 2.75) is 4.90 Å². The number of nitrogens with one attached hydrogen (secondary N) is 1. The molecule has 0 bridgehead atoms. The molecule has 2 heterocycles. The molecule has 30 heavy (non-hydrogen) atoms. The third kappa shape index (κ3) is 2.34. The van der Waals surface area contributed by atoms with E-state index in [9.17, 15) is 8.42 Å². The van der Waals surface area contributed by atoms with E-state index < -0.39 is 10.0 Å². The fraction of sp³-hybridized carbons (Fsp3) is 0. The Morgan fingerprint density at radius 2 is 1.37 bits per heavy atom. The van der Waals surface area contributed by atoms with Crippen molar-refractivity contribution in [3.8, 4) is 0 Å². The summed E-state index contributed by atoms with van der Waals surface area (Å²) in [7, 11) is -3.82. The lowest BCUT2D eigenvalue weighted by molar-refractivity contribution is 0.590. The van der Waals surface area contributed by atoms with Crippen LogP contribution in [-0.4, -0.2) is 17.4 Å². The van der Waals surface area contributed by atoms with Gasteiger partial charge < -0.3 is 4.98 Å². The Kier molecular flexibility index (Phi) is 3.79. The molecule has 6 aromatic rings. The number of H-pyrrole nitrogens is 1. The summed E-state index contributed by atoms with van der Waals surface area (Å²) in [5.41, 5.74) is 3.19. The zero-order chi connectivity index (χ0) is 20.5. The number of rotatable bonds is 2. The van der Waals surface area contributed by atoms with Crippen molar-refractivity contribution < 1.29 is 8.42 Å².